The number of rotatable bonds is 8. The van der Waals surface area contributed by atoms with Crippen LogP contribution in [0.1, 0.15) is 36.2 Å². The van der Waals surface area contributed by atoms with Crippen LogP contribution in [0.15, 0.2) is 53.1 Å². The average Bonchev–Trinajstić information content (AvgIpc) is 3.39. The van der Waals surface area contributed by atoms with E-state index in [0.29, 0.717) is 23.1 Å². The van der Waals surface area contributed by atoms with Gasteiger partial charge in [-0.25, -0.2) is 13.2 Å². The summed E-state index contributed by atoms with van der Waals surface area (Å²) in [6.45, 7) is -0.438. The lowest BCUT2D eigenvalue weighted by atomic mass is 10.1. The van der Waals surface area contributed by atoms with Crippen LogP contribution < -0.4 is 14.8 Å². The number of amides is 2. The van der Waals surface area contributed by atoms with E-state index in [9.17, 15) is 27.6 Å². The van der Waals surface area contributed by atoms with E-state index in [0.717, 1.165) is 17.1 Å². The summed E-state index contributed by atoms with van der Waals surface area (Å²) >= 11 is 0. The number of sulfonamides is 1. The summed E-state index contributed by atoms with van der Waals surface area (Å²) in [5.41, 5.74) is 0.225. The minimum Gasteiger partial charge on any atom is -0.497 e. The highest BCUT2D eigenvalue weighted by Crippen LogP contribution is 2.37. The lowest BCUT2D eigenvalue weighted by molar-refractivity contribution is -0.138. The molecule has 2 aromatic heterocycles. The third-order valence-electron chi connectivity index (χ3n) is 7.83. The third-order valence-corrected chi connectivity index (χ3v) is 9.52. The van der Waals surface area contributed by atoms with Crippen LogP contribution in [-0.4, -0.2) is 83.8 Å². The fourth-order valence-electron chi connectivity index (χ4n) is 5.61. The summed E-state index contributed by atoms with van der Waals surface area (Å²) in [6.07, 6.45) is 2.71. The molecule has 3 aromatic rings. The van der Waals surface area contributed by atoms with Gasteiger partial charge in [-0.15, -0.1) is 0 Å². The number of ketones is 1. The summed E-state index contributed by atoms with van der Waals surface area (Å²) in [6, 6.07) is 8.01. The first-order valence-electron chi connectivity index (χ1n) is 13.5. The van der Waals surface area contributed by atoms with Crippen molar-refractivity contribution in [2.45, 2.75) is 43.8 Å². The molecule has 42 heavy (non-hydrogen) atoms. The number of hydrogen-bond acceptors (Lipinski definition) is 10. The molecule has 13 nitrogen and oxygen atoms in total. The second-order valence-electron chi connectivity index (χ2n) is 10.6. The maximum absolute atomic E-state index is 13.7. The molecule has 0 radical (unpaired) electrons. The van der Waals surface area contributed by atoms with Crippen LogP contribution in [0.5, 0.6) is 11.7 Å². The molecule has 0 bridgehead atoms. The summed E-state index contributed by atoms with van der Waals surface area (Å²) in [5.74, 6) is -0.243. The van der Waals surface area contributed by atoms with Gasteiger partial charge < -0.3 is 24.1 Å². The number of carbonyl (C=O) groups is 4. The van der Waals surface area contributed by atoms with Crippen molar-refractivity contribution in [1.82, 2.24) is 19.5 Å². The molecular formula is C28H28N4O9S. The zero-order chi connectivity index (χ0) is 29.6. The summed E-state index contributed by atoms with van der Waals surface area (Å²) in [7, 11) is -3.03. The predicted molar refractivity (Wildman–Crippen MR) is 146 cm³/mol. The Morgan fingerprint density at radius 3 is 2.67 bits per heavy atom. The molecule has 2 amide bonds. The first-order valence-corrected chi connectivity index (χ1v) is 15.0. The smallest absolute Gasteiger partial charge is 0.415 e. The van der Waals surface area contributed by atoms with Gasteiger partial charge in [0.2, 0.25) is 5.91 Å². The van der Waals surface area contributed by atoms with E-state index in [-0.39, 0.29) is 30.5 Å². The van der Waals surface area contributed by atoms with Crippen LogP contribution in [0.25, 0.3) is 11.0 Å². The molecule has 1 saturated carbocycles. The van der Waals surface area contributed by atoms with Crippen molar-refractivity contribution < 1.29 is 41.5 Å². The minimum atomic E-state index is -4.56. The molecule has 3 aliphatic rings. The van der Waals surface area contributed by atoms with Gasteiger partial charge in [0.1, 0.15) is 29.1 Å². The zero-order valence-electron chi connectivity index (χ0n) is 22.6. The molecule has 1 aromatic carbocycles. The number of pyridine rings is 1. The maximum atomic E-state index is 13.7. The number of nitrogens with one attached hydrogen (secondary N) is 1. The van der Waals surface area contributed by atoms with Gasteiger partial charge in [0.15, 0.2) is 5.78 Å². The van der Waals surface area contributed by atoms with E-state index < -0.39 is 57.6 Å². The lowest BCUT2D eigenvalue weighted by Gasteiger charge is -2.28. The molecule has 2 aliphatic heterocycles. The third kappa shape index (κ3) is 5.23. The molecule has 6 rings (SSSR count). The van der Waals surface area contributed by atoms with E-state index in [2.05, 4.69) is 10.3 Å². The molecule has 1 N–H and O–H groups in total. The molecule has 1 aliphatic carbocycles. The molecule has 3 fully saturated rings. The van der Waals surface area contributed by atoms with Gasteiger partial charge in [-0.05, 0) is 49.1 Å². The fourth-order valence-corrected chi connectivity index (χ4v) is 7.08. The lowest BCUT2D eigenvalue weighted by Crippen LogP contribution is -2.53. The number of likely N-dealkylation sites (tertiary alicyclic amines) is 1. The van der Waals surface area contributed by atoms with E-state index >= 15 is 0 Å². The number of hydrogen-bond donors (Lipinski definition) is 1. The minimum absolute atomic E-state index is 0.0704. The number of Topliss-reactive ketones (excluding diaryl/α,β-unsaturated/α-hetero) is 1. The Morgan fingerprint density at radius 2 is 1.95 bits per heavy atom. The van der Waals surface area contributed by atoms with Crippen molar-refractivity contribution in [3.05, 3.63) is 54.4 Å². The second kappa shape index (κ2) is 10.8. The average molecular weight is 597 g/mol. The number of aromatic nitrogens is 1. The van der Waals surface area contributed by atoms with Crippen LogP contribution in [0.3, 0.4) is 0 Å². The first kappa shape index (κ1) is 27.8. The molecular weight excluding hydrogens is 568 g/mol. The van der Waals surface area contributed by atoms with Crippen LogP contribution in [-0.2, 0) is 19.6 Å². The Labute approximate surface area is 240 Å². The predicted octanol–water partition coefficient (Wildman–Crippen LogP) is 2.12. The molecule has 2 saturated heterocycles. The Morgan fingerprint density at radius 1 is 1.14 bits per heavy atom. The number of methoxy groups -OCH3 is 1. The number of nitrogens with zero attached hydrogens (tertiary/aromatic N) is 3. The largest absolute Gasteiger partial charge is 0.497 e. The molecule has 0 spiro atoms. The van der Waals surface area contributed by atoms with E-state index in [4.69, 9.17) is 13.9 Å². The van der Waals surface area contributed by atoms with E-state index in [1.54, 1.807) is 24.3 Å². The number of carbonyl (C=O) groups excluding carboxylic acids is 4. The van der Waals surface area contributed by atoms with Crippen molar-refractivity contribution in [3.63, 3.8) is 0 Å². The highest BCUT2D eigenvalue weighted by atomic mass is 32.2. The van der Waals surface area contributed by atoms with Gasteiger partial charge in [0.05, 0.1) is 19.7 Å². The van der Waals surface area contributed by atoms with Gasteiger partial charge >= 0.3 is 11.2 Å². The summed E-state index contributed by atoms with van der Waals surface area (Å²) < 4.78 is 43.4. The van der Waals surface area contributed by atoms with E-state index in [1.807, 2.05) is 0 Å². The fraction of sp³-hybridized carbons (Fsp3) is 0.393. The highest BCUT2D eigenvalue weighted by Gasteiger charge is 2.55. The Bertz CT molecular complexity index is 1670. The van der Waals surface area contributed by atoms with Crippen molar-refractivity contribution in [1.29, 1.82) is 0 Å². The number of benzene rings is 1. The van der Waals surface area contributed by atoms with Crippen molar-refractivity contribution in [2.24, 2.45) is 5.92 Å². The maximum Gasteiger partial charge on any atom is 0.415 e. The Kier molecular flexibility index (Phi) is 7.19. The first-order chi connectivity index (χ1) is 20.2. The molecule has 14 heteroatoms. The van der Waals surface area contributed by atoms with Crippen molar-refractivity contribution in [2.75, 3.05) is 20.2 Å². The Hall–Kier alpha value is -4.30. The van der Waals surface area contributed by atoms with Crippen LogP contribution in [0.4, 0.5) is 4.79 Å². The standard InChI is InChI=1S/C28H28N4O9S/c1-39-18-7-8-23-17(13-18)14-24(40-23)41-28(36)30-20(12-16-5-6-16)26(34)31-11-9-21-25(31)22(33)15-32(21)42(37,38)27(35)19-4-2-3-10-29-19/h2-4,7-8,10,13-14,16,20-21,25H,5-6,9,11-12,15H2,1H3,(H,30,36). The quantitative estimate of drug-likeness (QED) is 0.407. The topological polar surface area (TPSA) is 165 Å². The molecule has 220 valence electrons. The van der Waals surface area contributed by atoms with E-state index in [1.165, 1.54) is 36.4 Å². The van der Waals surface area contributed by atoms with Crippen LogP contribution in [0, 0.1) is 5.92 Å². The zero-order valence-corrected chi connectivity index (χ0v) is 23.4. The second-order valence-corrected chi connectivity index (χ2v) is 12.4. The van der Waals surface area contributed by atoms with Crippen molar-refractivity contribution >= 4 is 43.9 Å². The van der Waals surface area contributed by atoms with Gasteiger partial charge in [-0.1, -0.05) is 18.9 Å². The van der Waals surface area contributed by atoms with Crippen molar-refractivity contribution in [3.8, 4) is 11.7 Å². The highest BCUT2D eigenvalue weighted by molar-refractivity contribution is 8.04. The van der Waals surface area contributed by atoms with Crippen LogP contribution >= 0.6 is 0 Å². The normalized spacial score (nSPS) is 21.3. The van der Waals surface area contributed by atoms with Gasteiger partial charge in [0.25, 0.3) is 16.0 Å². The molecule has 4 heterocycles. The summed E-state index contributed by atoms with van der Waals surface area (Å²) in [5, 5.41) is 2.07. The van der Waals surface area contributed by atoms with Gasteiger partial charge in [-0.3, -0.25) is 19.4 Å². The number of ether oxygens (including phenoxy) is 2. The number of fused-ring (bicyclic) bond motifs is 2. The van der Waals surface area contributed by atoms with Gasteiger partial charge in [0, 0.05) is 24.2 Å². The van der Waals surface area contributed by atoms with Crippen LogP contribution in [0.2, 0.25) is 0 Å². The molecule has 3 unspecified atom stereocenters. The Balaban J connectivity index is 1.16. The SMILES string of the molecule is COc1ccc2oc(OC(=O)NC(CC3CC3)C(=O)N3CCC4C3C(=O)CN4S(=O)(=O)C(=O)c3ccccn3)cc2c1. The summed E-state index contributed by atoms with van der Waals surface area (Å²) in [4.78, 5) is 57.6. The number of furan rings is 1. The van der Waals surface area contributed by atoms with Gasteiger partial charge in [-0.2, -0.15) is 4.31 Å². The monoisotopic (exact) mass is 596 g/mol. The molecule has 3 atom stereocenters.